The SMILES string of the molecule is CCc1nccn1CCCNC(=O)C1CCC(=O)N1Cc1cccc(F)c1. The van der Waals surface area contributed by atoms with Crippen molar-refractivity contribution in [1.82, 2.24) is 19.8 Å². The highest BCUT2D eigenvalue weighted by atomic mass is 19.1. The molecule has 1 aromatic carbocycles. The standard InChI is InChI=1S/C20H25FN4O2/c1-2-18-22-10-12-24(18)11-4-9-23-20(27)17-7-8-19(26)25(17)14-15-5-3-6-16(21)13-15/h3,5-6,10,12-13,17H,2,4,7-9,11,14H2,1H3,(H,23,27). The maximum absolute atomic E-state index is 13.4. The highest BCUT2D eigenvalue weighted by Crippen LogP contribution is 2.22. The maximum atomic E-state index is 13.4. The van der Waals surface area contributed by atoms with E-state index in [1.807, 2.05) is 6.20 Å². The zero-order chi connectivity index (χ0) is 19.2. The maximum Gasteiger partial charge on any atom is 0.242 e. The molecule has 7 heteroatoms. The number of imidazole rings is 1. The van der Waals surface area contributed by atoms with Crippen LogP contribution in [0.5, 0.6) is 0 Å². The van der Waals surface area contributed by atoms with Crippen molar-refractivity contribution in [3.63, 3.8) is 0 Å². The zero-order valence-corrected chi connectivity index (χ0v) is 15.5. The van der Waals surface area contributed by atoms with Crippen LogP contribution in [0.25, 0.3) is 0 Å². The number of benzene rings is 1. The number of likely N-dealkylation sites (tertiary alicyclic amines) is 1. The van der Waals surface area contributed by atoms with Gasteiger partial charge in [0, 0.05) is 44.9 Å². The summed E-state index contributed by atoms with van der Waals surface area (Å²) in [5, 5.41) is 2.93. The van der Waals surface area contributed by atoms with Crippen LogP contribution >= 0.6 is 0 Å². The van der Waals surface area contributed by atoms with E-state index in [0.29, 0.717) is 24.9 Å². The van der Waals surface area contributed by atoms with Crippen LogP contribution in [-0.4, -0.2) is 38.9 Å². The molecule has 0 spiro atoms. The number of amides is 2. The van der Waals surface area contributed by atoms with Crippen LogP contribution in [-0.2, 0) is 29.1 Å². The van der Waals surface area contributed by atoms with Gasteiger partial charge < -0.3 is 14.8 Å². The molecule has 2 heterocycles. The minimum atomic E-state index is -0.486. The number of halogens is 1. The number of aromatic nitrogens is 2. The molecule has 2 aromatic rings. The molecule has 1 N–H and O–H groups in total. The number of carbonyl (C=O) groups is 2. The molecular formula is C20H25FN4O2. The van der Waals surface area contributed by atoms with Crippen molar-refractivity contribution in [2.75, 3.05) is 6.54 Å². The second kappa shape index (κ2) is 8.79. The fourth-order valence-corrected chi connectivity index (χ4v) is 3.47. The second-order valence-corrected chi connectivity index (χ2v) is 6.74. The molecule has 1 aliphatic rings. The average molecular weight is 372 g/mol. The van der Waals surface area contributed by atoms with Crippen LogP contribution in [0.1, 0.15) is 37.6 Å². The van der Waals surface area contributed by atoms with E-state index in [1.165, 1.54) is 12.1 Å². The van der Waals surface area contributed by atoms with Gasteiger partial charge in [-0.15, -0.1) is 0 Å². The van der Waals surface area contributed by atoms with Crippen molar-refractivity contribution in [2.45, 2.75) is 51.7 Å². The van der Waals surface area contributed by atoms with E-state index in [4.69, 9.17) is 0 Å². The van der Waals surface area contributed by atoms with Gasteiger partial charge in [0.2, 0.25) is 11.8 Å². The molecule has 1 atom stereocenters. The number of hydrogen-bond donors (Lipinski definition) is 1. The summed E-state index contributed by atoms with van der Waals surface area (Å²) < 4.78 is 15.5. The normalized spacial score (nSPS) is 16.7. The molecular weight excluding hydrogens is 347 g/mol. The third-order valence-electron chi connectivity index (χ3n) is 4.87. The highest BCUT2D eigenvalue weighted by Gasteiger charge is 2.35. The minimum Gasteiger partial charge on any atom is -0.354 e. The highest BCUT2D eigenvalue weighted by molar-refractivity contribution is 5.90. The Hall–Kier alpha value is -2.70. The lowest BCUT2D eigenvalue weighted by atomic mass is 10.1. The number of aryl methyl sites for hydroxylation is 2. The molecule has 2 amide bonds. The van der Waals surface area contributed by atoms with Gasteiger partial charge in [0.05, 0.1) is 0 Å². The van der Waals surface area contributed by atoms with Gasteiger partial charge in [-0.1, -0.05) is 19.1 Å². The number of nitrogens with one attached hydrogen (secondary N) is 1. The summed E-state index contributed by atoms with van der Waals surface area (Å²) in [6.45, 7) is 3.65. The fraction of sp³-hybridized carbons (Fsp3) is 0.450. The van der Waals surface area contributed by atoms with E-state index in [1.54, 1.807) is 23.2 Å². The summed E-state index contributed by atoms with van der Waals surface area (Å²) in [5.74, 6) is 0.485. The first-order chi connectivity index (χ1) is 13.1. The molecule has 0 saturated carbocycles. The Morgan fingerprint density at radius 1 is 1.41 bits per heavy atom. The van der Waals surface area contributed by atoms with E-state index < -0.39 is 6.04 Å². The van der Waals surface area contributed by atoms with Gasteiger partial charge in [-0.3, -0.25) is 9.59 Å². The molecule has 1 saturated heterocycles. The molecule has 0 radical (unpaired) electrons. The van der Waals surface area contributed by atoms with Crippen LogP contribution in [0.4, 0.5) is 4.39 Å². The Kier molecular flexibility index (Phi) is 6.21. The largest absolute Gasteiger partial charge is 0.354 e. The number of nitrogens with zero attached hydrogens (tertiary/aromatic N) is 3. The van der Waals surface area contributed by atoms with Gasteiger partial charge in [-0.05, 0) is 30.5 Å². The third-order valence-corrected chi connectivity index (χ3v) is 4.87. The fourth-order valence-electron chi connectivity index (χ4n) is 3.47. The minimum absolute atomic E-state index is 0.0644. The predicted octanol–water partition coefficient (Wildman–Crippen LogP) is 2.28. The number of carbonyl (C=O) groups excluding carboxylic acids is 2. The molecule has 3 rings (SSSR count). The third kappa shape index (κ3) is 4.72. The first-order valence-corrected chi connectivity index (χ1v) is 9.40. The molecule has 1 aliphatic heterocycles. The van der Waals surface area contributed by atoms with Gasteiger partial charge >= 0.3 is 0 Å². The molecule has 0 bridgehead atoms. The van der Waals surface area contributed by atoms with Crippen LogP contribution in [0.2, 0.25) is 0 Å². The van der Waals surface area contributed by atoms with E-state index in [0.717, 1.165) is 25.2 Å². The molecule has 1 unspecified atom stereocenters. The van der Waals surface area contributed by atoms with Crippen molar-refractivity contribution < 1.29 is 14.0 Å². The van der Waals surface area contributed by atoms with Crippen molar-refractivity contribution in [3.05, 3.63) is 53.9 Å². The monoisotopic (exact) mass is 372 g/mol. The summed E-state index contributed by atoms with van der Waals surface area (Å²) in [5.41, 5.74) is 0.690. The van der Waals surface area contributed by atoms with Gasteiger partial charge in [-0.25, -0.2) is 9.37 Å². The number of rotatable bonds is 8. The summed E-state index contributed by atoms with van der Waals surface area (Å²) in [6.07, 6.45) is 6.24. The zero-order valence-electron chi connectivity index (χ0n) is 15.5. The van der Waals surface area contributed by atoms with Crippen LogP contribution in [0, 0.1) is 5.82 Å². The van der Waals surface area contributed by atoms with Crippen LogP contribution in [0.3, 0.4) is 0 Å². The second-order valence-electron chi connectivity index (χ2n) is 6.74. The van der Waals surface area contributed by atoms with Crippen molar-refractivity contribution in [1.29, 1.82) is 0 Å². The van der Waals surface area contributed by atoms with Crippen LogP contribution in [0.15, 0.2) is 36.7 Å². The predicted molar refractivity (Wildman–Crippen MR) is 99.2 cm³/mol. The Labute approximate surface area is 158 Å². The van der Waals surface area contributed by atoms with Crippen molar-refractivity contribution in [2.24, 2.45) is 0 Å². The lowest BCUT2D eigenvalue weighted by molar-refractivity contribution is -0.135. The average Bonchev–Trinajstić information content (AvgIpc) is 3.25. The summed E-state index contributed by atoms with van der Waals surface area (Å²) in [7, 11) is 0. The van der Waals surface area contributed by atoms with E-state index >= 15 is 0 Å². The Morgan fingerprint density at radius 2 is 2.26 bits per heavy atom. The summed E-state index contributed by atoms with van der Waals surface area (Å²) >= 11 is 0. The molecule has 6 nitrogen and oxygen atoms in total. The van der Waals surface area contributed by atoms with E-state index in [-0.39, 0.29) is 24.2 Å². The smallest absolute Gasteiger partial charge is 0.242 e. The molecule has 1 fully saturated rings. The molecule has 144 valence electrons. The van der Waals surface area contributed by atoms with Crippen molar-refractivity contribution >= 4 is 11.8 Å². The van der Waals surface area contributed by atoms with E-state index in [2.05, 4.69) is 21.8 Å². The van der Waals surface area contributed by atoms with Gasteiger partial charge in [0.1, 0.15) is 17.7 Å². The lowest BCUT2D eigenvalue weighted by Gasteiger charge is -2.24. The van der Waals surface area contributed by atoms with E-state index in [9.17, 15) is 14.0 Å². The molecule has 1 aromatic heterocycles. The quantitative estimate of drug-likeness (QED) is 0.723. The Bertz CT molecular complexity index is 805. The number of hydrogen-bond acceptors (Lipinski definition) is 3. The first kappa shape index (κ1) is 19.1. The molecule has 27 heavy (non-hydrogen) atoms. The van der Waals surface area contributed by atoms with Gasteiger partial charge in [-0.2, -0.15) is 0 Å². The van der Waals surface area contributed by atoms with Crippen LogP contribution < -0.4 is 5.32 Å². The lowest BCUT2D eigenvalue weighted by Crippen LogP contribution is -2.44. The summed E-state index contributed by atoms with van der Waals surface area (Å²) in [6, 6.07) is 5.65. The Balaban J connectivity index is 1.51. The van der Waals surface area contributed by atoms with Crippen molar-refractivity contribution in [3.8, 4) is 0 Å². The van der Waals surface area contributed by atoms with Gasteiger partial charge in [0.25, 0.3) is 0 Å². The summed E-state index contributed by atoms with van der Waals surface area (Å²) in [4.78, 5) is 30.6. The first-order valence-electron chi connectivity index (χ1n) is 9.40. The topological polar surface area (TPSA) is 67.2 Å². The van der Waals surface area contributed by atoms with Gasteiger partial charge in [0.15, 0.2) is 0 Å². The Morgan fingerprint density at radius 3 is 3.04 bits per heavy atom. The molecule has 0 aliphatic carbocycles.